The molecule has 4 nitrogen and oxygen atoms in total. The molecule has 1 heterocycles. The van der Waals surface area contributed by atoms with Crippen molar-refractivity contribution >= 4 is 17.5 Å². The molecule has 5 heteroatoms. The molecule has 19 heavy (non-hydrogen) atoms. The van der Waals surface area contributed by atoms with Crippen molar-refractivity contribution in [3.8, 4) is 0 Å². The Hall–Kier alpha value is -1.52. The lowest BCUT2D eigenvalue weighted by molar-refractivity contribution is 0.654. The summed E-state index contributed by atoms with van der Waals surface area (Å²) in [6.45, 7) is 1.61. The minimum atomic E-state index is 0.769. The molecule has 0 amide bonds. The summed E-state index contributed by atoms with van der Waals surface area (Å²) in [5.74, 6) is 0.961. The van der Waals surface area contributed by atoms with E-state index in [4.69, 9.17) is 11.6 Å². The van der Waals surface area contributed by atoms with Crippen molar-refractivity contribution in [2.24, 2.45) is 7.05 Å². The molecule has 0 radical (unpaired) electrons. The van der Waals surface area contributed by atoms with E-state index in [1.807, 2.05) is 56.5 Å². The molecule has 2 aromatic rings. The Morgan fingerprint density at radius 1 is 1.21 bits per heavy atom. The Labute approximate surface area is 119 Å². The number of hydrogen-bond donors (Lipinski definition) is 1. The van der Waals surface area contributed by atoms with Crippen LogP contribution in [0.4, 0.5) is 5.95 Å². The van der Waals surface area contributed by atoms with Crippen LogP contribution in [0.5, 0.6) is 0 Å². The van der Waals surface area contributed by atoms with Gasteiger partial charge in [0, 0.05) is 39.3 Å². The molecule has 0 aliphatic heterocycles. The standard InChI is InChI=1S/C14H19ClN4/c1-18(2)14-17-10-13(19(14)3)9-16-8-11-4-6-12(15)7-5-11/h4-7,10,16H,8-9H2,1-3H3. The molecule has 0 saturated carbocycles. The lowest BCUT2D eigenvalue weighted by atomic mass is 10.2. The van der Waals surface area contributed by atoms with Crippen molar-refractivity contribution in [2.75, 3.05) is 19.0 Å². The summed E-state index contributed by atoms with van der Waals surface area (Å²) in [5, 5.41) is 4.18. The van der Waals surface area contributed by atoms with Crippen molar-refractivity contribution in [1.29, 1.82) is 0 Å². The van der Waals surface area contributed by atoms with Crippen LogP contribution in [0.3, 0.4) is 0 Å². The zero-order valence-corrected chi connectivity index (χ0v) is 12.3. The fraction of sp³-hybridized carbons (Fsp3) is 0.357. The van der Waals surface area contributed by atoms with Gasteiger partial charge in [0.1, 0.15) is 0 Å². The zero-order valence-electron chi connectivity index (χ0n) is 11.5. The van der Waals surface area contributed by atoms with E-state index in [9.17, 15) is 0 Å². The number of rotatable bonds is 5. The van der Waals surface area contributed by atoms with Crippen LogP contribution in [0.2, 0.25) is 5.02 Å². The first kappa shape index (κ1) is 13.9. The van der Waals surface area contributed by atoms with Crippen LogP contribution in [0.25, 0.3) is 0 Å². The Kier molecular flexibility index (Phi) is 4.45. The van der Waals surface area contributed by atoms with Crippen molar-refractivity contribution in [1.82, 2.24) is 14.9 Å². The molecule has 102 valence electrons. The number of nitrogens with one attached hydrogen (secondary N) is 1. The molecule has 1 N–H and O–H groups in total. The van der Waals surface area contributed by atoms with E-state index in [1.165, 1.54) is 5.56 Å². The molecular weight excluding hydrogens is 260 g/mol. The highest BCUT2D eigenvalue weighted by Crippen LogP contribution is 2.12. The van der Waals surface area contributed by atoms with Crippen LogP contribution >= 0.6 is 11.6 Å². The maximum atomic E-state index is 5.86. The molecule has 0 unspecified atom stereocenters. The van der Waals surface area contributed by atoms with Gasteiger partial charge in [-0.3, -0.25) is 0 Å². The topological polar surface area (TPSA) is 33.1 Å². The first-order valence-corrected chi connectivity index (χ1v) is 6.59. The second-order valence-corrected chi connectivity index (χ2v) is 5.17. The molecule has 0 spiro atoms. The van der Waals surface area contributed by atoms with Crippen LogP contribution in [0.15, 0.2) is 30.5 Å². The minimum absolute atomic E-state index is 0.769. The highest BCUT2D eigenvalue weighted by atomic mass is 35.5. The van der Waals surface area contributed by atoms with Crippen LogP contribution in [0.1, 0.15) is 11.3 Å². The average molecular weight is 279 g/mol. The number of halogens is 1. The number of hydrogen-bond acceptors (Lipinski definition) is 3. The van der Waals surface area contributed by atoms with E-state index in [2.05, 4.69) is 14.9 Å². The second-order valence-electron chi connectivity index (χ2n) is 4.73. The molecule has 2 rings (SSSR count). The molecule has 1 aromatic heterocycles. The number of benzene rings is 1. The summed E-state index contributed by atoms with van der Waals surface area (Å²) in [4.78, 5) is 6.39. The van der Waals surface area contributed by atoms with E-state index >= 15 is 0 Å². The van der Waals surface area contributed by atoms with Crippen LogP contribution in [0, 0.1) is 0 Å². The molecule has 0 fully saturated rings. The Morgan fingerprint density at radius 2 is 1.89 bits per heavy atom. The predicted octanol–water partition coefficient (Wildman–Crippen LogP) is 2.43. The third kappa shape index (κ3) is 3.49. The fourth-order valence-electron chi connectivity index (χ4n) is 1.95. The summed E-state index contributed by atoms with van der Waals surface area (Å²) < 4.78 is 2.09. The number of imidazole rings is 1. The van der Waals surface area contributed by atoms with Crippen LogP contribution in [-0.4, -0.2) is 23.6 Å². The van der Waals surface area contributed by atoms with Gasteiger partial charge in [0.2, 0.25) is 5.95 Å². The molecule has 0 aliphatic carbocycles. The summed E-state index contributed by atoms with van der Waals surface area (Å²) in [5.41, 5.74) is 2.39. The summed E-state index contributed by atoms with van der Waals surface area (Å²) >= 11 is 5.86. The molecule has 0 bridgehead atoms. The van der Waals surface area contributed by atoms with Gasteiger partial charge >= 0.3 is 0 Å². The van der Waals surface area contributed by atoms with E-state index < -0.39 is 0 Å². The van der Waals surface area contributed by atoms with Crippen LogP contribution < -0.4 is 10.2 Å². The highest BCUT2D eigenvalue weighted by molar-refractivity contribution is 6.30. The van der Waals surface area contributed by atoms with Gasteiger partial charge in [-0.15, -0.1) is 0 Å². The van der Waals surface area contributed by atoms with Gasteiger partial charge in [-0.2, -0.15) is 0 Å². The zero-order chi connectivity index (χ0) is 13.8. The molecule has 1 aromatic carbocycles. The van der Waals surface area contributed by atoms with Crippen molar-refractivity contribution < 1.29 is 0 Å². The first-order chi connectivity index (χ1) is 9.08. The SMILES string of the molecule is CN(C)c1ncc(CNCc2ccc(Cl)cc2)n1C. The van der Waals surface area contributed by atoms with E-state index in [-0.39, 0.29) is 0 Å². The van der Waals surface area contributed by atoms with Crippen LogP contribution in [-0.2, 0) is 20.1 Å². The van der Waals surface area contributed by atoms with E-state index in [1.54, 1.807) is 0 Å². The smallest absolute Gasteiger partial charge is 0.204 e. The Morgan fingerprint density at radius 3 is 2.47 bits per heavy atom. The van der Waals surface area contributed by atoms with Gasteiger partial charge in [-0.1, -0.05) is 23.7 Å². The number of anilines is 1. The molecule has 0 atom stereocenters. The number of aromatic nitrogens is 2. The quantitative estimate of drug-likeness (QED) is 0.912. The summed E-state index contributed by atoms with van der Waals surface area (Å²) in [6, 6.07) is 7.88. The highest BCUT2D eigenvalue weighted by Gasteiger charge is 2.07. The first-order valence-electron chi connectivity index (χ1n) is 6.21. The molecular formula is C14H19ClN4. The van der Waals surface area contributed by atoms with Crippen molar-refractivity contribution in [3.05, 3.63) is 46.7 Å². The Balaban J connectivity index is 1.91. The second kappa shape index (κ2) is 6.08. The number of nitrogens with zero attached hydrogens (tertiary/aromatic N) is 3. The van der Waals surface area contributed by atoms with Gasteiger partial charge in [-0.25, -0.2) is 4.98 Å². The van der Waals surface area contributed by atoms with Gasteiger partial charge in [0.25, 0.3) is 0 Å². The van der Waals surface area contributed by atoms with Crippen molar-refractivity contribution in [3.63, 3.8) is 0 Å². The lowest BCUT2D eigenvalue weighted by Crippen LogP contribution is -2.18. The van der Waals surface area contributed by atoms with E-state index in [0.29, 0.717) is 0 Å². The monoisotopic (exact) mass is 278 g/mol. The maximum absolute atomic E-state index is 5.86. The largest absolute Gasteiger partial charge is 0.348 e. The minimum Gasteiger partial charge on any atom is -0.348 e. The third-order valence-electron chi connectivity index (χ3n) is 3.01. The molecule has 0 aliphatic rings. The maximum Gasteiger partial charge on any atom is 0.204 e. The van der Waals surface area contributed by atoms with Gasteiger partial charge in [-0.05, 0) is 17.7 Å². The predicted molar refractivity (Wildman–Crippen MR) is 79.5 cm³/mol. The van der Waals surface area contributed by atoms with Gasteiger partial charge in [0.05, 0.1) is 11.9 Å². The van der Waals surface area contributed by atoms with Gasteiger partial charge < -0.3 is 14.8 Å². The Bertz CT molecular complexity index is 531. The average Bonchev–Trinajstić information content (AvgIpc) is 2.74. The van der Waals surface area contributed by atoms with Gasteiger partial charge in [0.15, 0.2) is 0 Å². The lowest BCUT2D eigenvalue weighted by Gasteiger charge is -2.13. The normalized spacial score (nSPS) is 10.7. The summed E-state index contributed by atoms with van der Waals surface area (Å²) in [7, 11) is 6.02. The van der Waals surface area contributed by atoms with Crippen molar-refractivity contribution in [2.45, 2.75) is 13.1 Å². The third-order valence-corrected chi connectivity index (χ3v) is 3.26. The summed E-state index contributed by atoms with van der Waals surface area (Å²) in [6.07, 6.45) is 1.91. The van der Waals surface area contributed by atoms with E-state index in [0.717, 1.165) is 29.8 Å². The fourth-order valence-corrected chi connectivity index (χ4v) is 2.08. The molecule has 0 saturated heterocycles.